The molecular formula is C17H20N2O4S. The zero-order chi connectivity index (χ0) is 17.5. The maximum absolute atomic E-state index is 12.6. The number of carboxylic acids is 1. The van der Waals surface area contributed by atoms with Crippen molar-refractivity contribution in [2.24, 2.45) is 0 Å². The fourth-order valence-corrected chi connectivity index (χ4v) is 4.67. The number of carbonyl (C=O) groups excluding carboxylic acids is 2. The summed E-state index contributed by atoms with van der Waals surface area (Å²) in [4.78, 5) is 37.1. The molecule has 2 N–H and O–H groups in total. The number of rotatable bonds is 4. The lowest BCUT2D eigenvalue weighted by atomic mass is 10.0. The second kappa shape index (κ2) is 6.12. The predicted molar refractivity (Wildman–Crippen MR) is 91.9 cm³/mol. The SMILES string of the molecule is CC(C(=O)O)c1ccc(NC(=O)C2CSC3(C)CCC(=O)N23)cc1. The van der Waals surface area contributed by atoms with Gasteiger partial charge >= 0.3 is 5.97 Å². The first kappa shape index (κ1) is 16.8. The third kappa shape index (κ3) is 2.88. The third-order valence-electron chi connectivity index (χ3n) is 4.80. The van der Waals surface area contributed by atoms with Crippen LogP contribution in [0.1, 0.15) is 38.2 Å². The van der Waals surface area contributed by atoms with Gasteiger partial charge in [0.05, 0.1) is 10.8 Å². The molecule has 3 unspecified atom stereocenters. The normalized spacial score (nSPS) is 27.0. The average molecular weight is 348 g/mol. The second-order valence-electron chi connectivity index (χ2n) is 6.44. The molecular weight excluding hydrogens is 328 g/mol. The van der Waals surface area contributed by atoms with Crippen LogP contribution in [0.5, 0.6) is 0 Å². The predicted octanol–water partition coefficient (Wildman–Crippen LogP) is 2.27. The lowest BCUT2D eigenvalue weighted by Crippen LogP contribution is -2.48. The Balaban J connectivity index is 1.69. The Kier molecular flexibility index (Phi) is 4.29. The number of nitrogens with zero attached hydrogens (tertiary/aromatic N) is 1. The molecule has 128 valence electrons. The molecule has 7 heteroatoms. The highest BCUT2D eigenvalue weighted by Gasteiger charge is 2.52. The van der Waals surface area contributed by atoms with Crippen molar-refractivity contribution in [1.82, 2.24) is 4.90 Å². The van der Waals surface area contributed by atoms with Crippen LogP contribution < -0.4 is 5.32 Å². The number of benzene rings is 1. The van der Waals surface area contributed by atoms with Gasteiger partial charge in [0, 0.05) is 17.9 Å². The minimum atomic E-state index is -0.887. The van der Waals surface area contributed by atoms with Crippen LogP contribution in [0, 0.1) is 0 Å². The molecule has 24 heavy (non-hydrogen) atoms. The van der Waals surface area contributed by atoms with Gasteiger partial charge in [-0.15, -0.1) is 11.8 Å². The van der Waals surface area contributed by atoms with E-state index in [-0.39, 0.29) is 16.7 Å². The molecule has 0 radical (unpaired) electrons. The highest BCUT2D eigenvalue weighted by Crippen LogP contribution is 2.47. The van der Waals surface area contributed by atoms with E-state index in [9.17, 15) is 14.4 Å². The molecule has 3 rings (SSSR count). The minimum Gasteiger partial charge on any atom is -0.481 e. The molecule has 0 bridgehead atoms. The third-order valence-corrected chi connectivity index (χ3v) is 6.30. The van der Waals surface area contributed by atoms with Gasteiger partial charge in [0.15, 0.2) is 0 Å². The highest BCUT2D eigenvalue weighted by atomic mass is 32.2. The zero-order valence-electron chi connectivity index (χ0n) is 13.6. The number of thioether (sulfide) groups is 1. The van der Waals surface area contributed by atoms with Crippen LogP contribution in [-0.4, -0.2) is 44.5 Å². The summed E-state index contributed by atoms with van der Waals surface area (Å²) >= 11 is 1.65. The molecule has 3 atom stereocenters. The van der Waals surface area contributed by atoms with Crippen LogP contribution in [-0.2, 0) is 14.4 Å². The number of nitrogens with one attached hydrogen (secondary N) is 1. The van der Waals surface area contributed by atoms with Gasteiger partial charge in [0.1, 0.15) is 6.04 Å². The lowest BCUT2D eigenvalue weighted by Gasteiger charge is -2.29. The Morgan fingerprint density at radius 1 is 1.38 bits per heavy atom. The van der Waals surface area contributed by atoms with Crippen molar-refractivity contribution in [3.63, 3.8) is 0 Å². The summed E-state index contributed by atoms with van der Waals surface area (Å²) in [6, 6.07) is 6.33. The van der Waals surface area contributed by atoms with E-state index in [0.717, 1.165) is 6.42 Å². The number of amides is 2. The largest absolute Gasteiger partial charge is 0.481 e. The van der Waals surface area contributed by atoms with Crippen molar-refractivity contribution < 1.29 is 19.5 Å². The van der Waals surface area contributed by atoms with E-state index in [1.54, 1.807) is 47.9 Å². The number of hydrogen-bond donors (Lipinski definition) is 2. The molecule has 6 nitrogen and oxygen atoms in total. The number of fused-ring (bicyclic) bond motifs is 1. The minimum absolute atomic E-state index is 0.0354. The first-order valence-corrected chi connectivity index (χ1v) is 8.90. The number of carbonyl (C=O) groups is 3. The van der Waals surface area contributed by atoms with Crippen LogP contribution in [0.2, 0.25) is 0 Å². The molecule has 1 aromatic rings. The van der Waals surface area contributed by atoms with Crippen molar-refractivity contribution in [1.29, 1.82) is 0 Å². The quantitative estimate of drug-likeness (QED) is 0.872. The van der Waals surface area contributed by atoms with E-state index < -0.39 is 17.9 Å². The molecule has 0 aliphatic carbocycles. The van der Waals surface area contributed by atoms with Crippen molar-refractivity contribution >= 4 is 35.2 Å². The topological polar surface area (TPSA) is 86.7 Å². The smallest absolute Gasteiger partial charge is 0.310 e. The highest BCUT2D eigenvalue weighted by molar-refractivity contribution is 8.01. The van der Waals surface area contributed by atoms with E-state index in [4.69, 9.17) is 5.11 Å². The molecule has 0 aromatic heterocycles. The van der Waals surface area contributed by atoms with E-state index in [2.05, 4.69) is 5.32 Å². The first-order chi connectivity index (χ1) is 11.3. The summed E-state index contributed by atoms with van der Waals surface area (Å²) in [5.41, 5.74) is 1.28. The molecule has 2 aliphatic heterocycles. The Morgan fingerprint density at radius 2 is 2.04 bits per heavy atom. The molecule has 2 heterocycles. The van der Waals surface area contributed by atoms with E-state index in [1.165, 1.54) is 0 Å². The molecule has 1 aromatic carbocycles. The van der Waals surface area contributed by atoms with Gasteiger partial charge in [0.25, 0.3) is 0 Å². The molecule has 2 fully saturated rings. The molecule has 2 amide bonds. The van der Waals surface area contributed by atoms with Gasteiger partial charge < -0.3 is 15.3 Å². The monoisotopic (exact) mass is 348 g/mol. The number of anilines is 1. The van der Waals surface area contributed by atoms with Crippen molar-refractivity contribution in [3.8, 4) is 0 Å². The van der Waals surface area contributed by atoms with Gasteiger partial charge in [-0.2, -0.15) is 0 Å². The Bertz CT molecular complexity index is 690. The molecule has 0 spiro atoms. The maximum Gasteiger partial charge on any atom is 0.310 e. The van der Waals surface area contributed by atoms with Crippen LogP contribution in [0.15, 0.2) is 24.3 Å². The molecule has 2 aliphatic rings. The summed E-state index contributed by atoms with van der Waals surface area (Å²) in [5, 5.41) is 11.9. The fourth-order valence-electron chi connectivity index (χ4n) is 3.24. The van der Waals surface area contributed by atoms with Gasteiger partial charge in [-0.05, 0) is 38.0 Å². The Morgan fingerprint density at radius 3 is 2.67 bits per heavy atom. The fraction of sp³-hybridized carbons (Fsp3) is 0.471. The van der Waals surface area contributed by atoms with Crippen molar-refractivity contribution in [2.75, 3.05) is 11.1 Å². The standard InChI is InChI=1S/C17H20N2O4S/c1-10(16(22)23)11-3-5-12(6-4-11)18-15(21)13-9-24-17(2)8-7-14(20)19(13)17/h3-6,10,13H,7-9H2,1-2H3,(H,18,21)(H,22,23). The van der Waals surface area contributed by atoms with Crippen LogP contribution in [0.3, 0.4) is 0 Å². The molecule has 0 saturated carbocycles. The summed E-state index contributed by atoms with van der Waals surface area (Å²) in [6.07, 6.45) is 1.27. The second-order valence-corrected chi connectivity index (χ2v) is 7.94. The van der Waals surface area contributed by atoms with Gasteiger partial charge in [-0.1, -0.05) is 12.1 Å². The van der Waals surface area contributed by atoms with Crippen molar-refractivity contribution in [3.05, 3.63) is 29.8 Å². The zero-order valence-corrected chi connectivity index (χ0v) is 14.4. The van der Waals surface area contributed by atoms with Crippen LogP contribution in [0.25, 0.3) is 0 Å². The summed E-state index contributed by atoms with van der Waals surface area (Å²) in [7, 11) is 0. The van der Waals surface area contributed by atoms with E-state index in [1.807, 2.05) is 6.92 Å². The van der Waals surface area contributed by atoms with Crippen molar-refractivity contribution in [2.45, 2.75) is 43.5 Å². The Labute approximate surface area is 144 Å². The average Bonchev–Trinajstić information content (AvgIpc) is 3.04. The van der Waals surface area contributed by atoms with Gasteiger partial charge in [-0.3, -0.25) is 14.4 Å². The van der Waals surface area contributed by atoms with Gasteiger partial charge in [0.2, 0.25) is 11.8 Å². The van der Waals surface area contributed by atoms with Crippen LogP contribution in [0.4, 0.5) is 5.69 Å². The van der Waals surface area contributed by atoms with Gasteiger partial charge in [-0.25, -0.2) is 0 Å². The van der Waals surface area contributed by atoms with E-state index >= 15 is 0 Å². The first-order valence-electron chi connectivity index (χ1n) is 7.91. The Hall–Kier alpha value is -2.02. The maximum atomic E-state index is 12.6. The number of hydrogen-bond acceptors (Lipinski definition) is 4. The van der Waals surface area contributed by atoms with E-state index in [0.29, 0.717) is 23.4 Å². The lowest BCUT2D eigenvalue weighted by molar-refractivity contribution is -0.138. The summed E-state index contributed by atoms with van der Waals surface area (Å²) < 4.78 is 0. The summed E-state index contributed by atoms with van der Waals surface area (Å²) in [5.74, 6) is -1.04. The number of aliphatic carboxylic acids is 1. The molecule has 2 saturated heterocycles. The summed E-state index contributed by atoms with van der Waals surface area (Å²) in [6.45, 7) is 3.63. The van der Waals surface area contributed by atoms with Crippen LogP contribution >= 0.6 is 11.8 Å². The number of carboxylic acid groups (broad SMARTS) is 1.